The highest BCUT2D eigenvalue weighted by Crippen LogP contribution is 2.31. The molecule has 0 spiro atoms. The van der Waals surface area contributed by atoms with Gasteiger partial charge in [0.25, 0.3) is 0 Å². The van der Waals surface area contributed by atoms with Gasteiger partial charge in [0.1, 0.15) is 5.75 Å². The van der Waals surface area contributed by atoms with E-state index < -0.39 is 0 Å². The Labute approximate surface area is 82.7 Å². The number of phenolic OH excluding ortho intramolecular Hbond substituents is 1. The van der Waals surface area contributed by atoms with Crippen molar-refractivity contribution in [3.63, 3.8) is 0 Å². The summed E-state index contributed by atoms with van der Waals surface area (Å²) in [5.41, 5.74) is 2.10. The number of rotatable bonds is 0. The van der Waals surface area contributed by atoms with Crippen LogP contribution in [0.3, 0.4) is 0 Å². The van der Waals surface area contributed by atoms with Crippen molar-refractivity contribution in [2.75, 3.05) is 13.6 Å². The molecule has 0 fully saturated rings. The van der Waals surface area contributed by atoms with E-state index in [1.54, 1.807) is 12.1 Å². The summed E-state index contributed by atoms with van der Waals surface area (Å²) in [6.45, 7) is 1.80. The van der Waals surface area contributed by atoms with Crippen LogP contribution >= 0.6 is 11.6 Å². The maximum Gasteiger partial charge on any atom is 0.120 e. The smallest absolute Gasteiger partial charge is 0.120 e. The van der Waals surface area contributed by atoms with Crippen LogP contribution in [-0.4, -0.2) is 23.6 Å². The molecule has 1 aromatic carbocycles. The van der Waals surface area contributed by atoms with Gasteiger partial charge in [-0.2, -0.15) is 0 Å². The largest absolute Gasteiger partial charge is 0.508 e. The summed E-state index contributed by atoms with van der Waals surface area (Å²) in [4.78, 5) is 2.18. The zero-order valence-electron chi connectivity index (χ0n) is 7.55. The predicted octanol–water partition coefficient (Wildman–Crippen LogP) is 2.03. The molecule has 0 aliphatic carbocycles. The van der Waals surface area contributed by atoms with Crippen molar-refractivity contribution in [2.45, 2.75) is 13.0 Å². The van der Waals surface area contributed by atoms with Gasteiger partial charge in [0.05, 0.1) is 0 Å². The van der Waals surface area contributed by atoms with E-state index in [-0.39, 0.29) is 0 Å². The Morgan fingerprint density at radius 1 is 1.38 bits per heavy atom. The van der Waals surface area contributed by atoms with E-state index >= 15 is 0 Å². The highest BCUT2D eigenvalue weighted by atomic mass is 35.5. The summed E-state index contributed by atoms with van der Waals surface area (Å²) < 4.78 is 0. The molecular weight excluding hydrogens is 186 g/mol. The van der Waals surface area contributed by atoms with Crippen LogP contribution in [0, 0.1) is 0 Å². The van der Waals surface area contributed by atoms with Crippen molar-refractivity contribution < 1.29 is 5.11 Å². The minimum atomic E-state index is 0.367. The fraction of sp³-hybridized carbons (Fsp3) is 0.400. The zero-order chi connectivity index (χ0) is 9.42. The van der Waals surface area contributed by atoms with Crippen molar-refractivity contribution in [1.82, 2.24) is 4.90 Å². The molecule has 0 bridgehead atoms. The molecule has 1 aliphatic heterocycles. The second kappa shape index (κ2) is 3.20. The Bertz CT molecular complexity index is 338. The molecular formula is C10H12ClNO. The summed E-state index contributed by atoms with van der Waals surface area (Å²) in [6.07, 6.45) is 0.930. The van der Waals surface area contributed by atoms with E-state index in [9.17, 15) is 5.11 Å². The number of benzene rings is 1. The second-order valence-electron chi connectivity index (χ2n) is 3.51. The normalized spacial score (nSPS) is 17.1. The summed E-state index contributed by atoms with van der Waals surface area (Å²) in [5, 5.41) is 10.4. The number of halogens is 1. The molecule has 0 radical (unpaired) electrons. The molecule has 3 heteroatoms. The van der Waals surface area contributed by atoms with Gasteiger partial charge in [0, 0.05) is 23.7 Å². The van der Waals surface area contributed by atoms with Crippen LogP contribution in [-0.2, 0) is 13.0 Å². The van der Waals surface area contributed by atoms with E-state index in [2.05, 4.69) is 4.90 Å². The van der Waals surface area contributed by atoms with Gasteiger partial charge >= 0.3 is 0 Å². The first-order chi connectivity index (χ1) is 6.18. The monoisotopic (exact) mass is 197 g/mol. The number of phenols is 1. The van der Waals surface area contributed by atoms with Crippen molar-refractivity contribution >= 4 is 11.6 Å². The first kappa shape index (κ1) is 8.85. The fourth-order valence-electron chi connectivity index (χ4n) is 1.75. The van der Waals surface area contributed by atoms with Crippen LogP contribution in [0.1, 0.15) is 11.1 Å². The van der Waals surface area contributed by atoms with Gasteiger partial charge in [-0.3, -0.25) is 0 Å². The standard InChI is InChI=1S/C10H12ClNO/c1-12-5-4-7-8(6-12)10(13)3-2-9(7)11/h2-3,13H,4-6H2,1H3. The van der Waals surface area contributed by atoms with Crippen molar-refractivity contribution in [3.8, 4) is 5.75 Å². The highest BCUT2D eigenvalue weighted by Gasteiger charge is 2.18. The molecule has 0 amide bonds. The lowest BCUT2D eigenvalue weighted by Gasteiger charge is -2.26. The summed E-state index contributed by atoms with van der Waals surface area (Å²) in [5.74, 6) is 0.367. The number of hydrogen-bond donors (Lipinski definition) is 1. The van der Waals surface area contributed by atoms with Crippen LogP contribution in [0.4, 0.5) is 0 Å². The third-order valence-electron chi connectivity index (χ3n) is 2.52. The van der Waals surface area contributed by atoms with Gasteiger partial charge in [-0.1, -0.05) is 11.6 Å². The molecule has 1 aliphatic rings. The van der Waals surface area contributed by atoms with E-state index in [1.807, 2.05) is 7.05 Å². The average Bonchev–Trinajstić information content (AvgIpc) is 2.12. The maximum absolute atomic E-state index is 9.61. The molecule has 2 nitrogen and oxygen atoms in total. The molecule has 0 atom stereocenters. The molecule has 0 saturated heterocycles. The quantitative estimate of drug-likeness (QED) is 0.688. The predicted molar refractivity (Wildman–Crippen MR) is 53.2 cm³/mol. The van der Waals surface area contributed by atoms with Crippen LogP contribution < -0.4 is 0 Å². The Kier molecular flexibility index (Phi) is 2.18. The van der Waals surface area contributed by atoms with E-state index in [0.29, 0.717) is 5.75 Å². The maximum atomic E-state index is 9.61. The molecule has 1 heterocycles. The van der Waals surface area contributed by atoms with Crippen molar-refractivity contribution in [2.24, 2.45) is 0 Å². The fourth-order valence-corrected chi connectivity index (χ4v) is 2.02. The van der Waals surface area contributed by atoms with Crippen molar-refractivity contribution in [1.29, 1.82) is 0 Å². The van der Waals surface area contributed by atoms with E-state index in [4.69, 9.17) is 11.6 Å². The third kappa shape index (κ3) is 1.52. The number of fused-ring (bicyclic) bond motifs is 1. The van der Waals surface area contributed by atoms with Gasteiger partial charge in [-0.25, -0.2) is 0 Å². The van der Waals surface area contributed by atoms with Gasteiger partial charge in [0.15, 0.2) is 0 Å². The van der Waals surface area contributed by atoms with Gasteiger partial charge < -0.3 is 10.0 Å². The van der Waals surface area contributed by atoms with E-state index in [0.717, 1.165) is 35.7 Å². The minimum absolute atomic E-state index is 0.367. The SMILES string of the molecule is CN1CCc2c(Cl)ccc(O)c2C1. The average molecular weight is 198 g/mol. The lowest BCUT2D eigenvalue weighted by atomic mass is 9.99. The Balaban J connectivity index is 2.51. The van der Waals surface area contributed by atoms with Crippen molar-refractivity contribution in [3.05, 3.63) is 28.3 Å². The number of hydrogen-bond acceptors (Lipinski definition) is 2. The molecule has 0 aromatic heterocycles. The number of aromatic hydroxyl groups is 1. The summed E-state index contributed by atoms with van der Waals surface area (Å²) >= 11 is 6.03. The first-order valence-corrected chi connectivity index (χ1v) is 4.74. The Morgan fingerprint density at radius 3 is 2.92 bits per heavy atom. The summed E-state index contributed by atoms with van der Waals surface area (Å²) in [6, 6.07) is 3.43. The molecule has 1 N–H and O–H groups in total. The number of likely N-dealkylation sites (N-methyl/N-ethyl adjacent to an activating group) is 1. The molecule has 0 saturated carbocycles. The van der Waals surface area contributed by atoms with Crippen LogP contribution in [0.5, 0.6) is 5.75 Å². The van der Waals surface area contributed by atoms with E-state index in [1.165, 1.54) is 0 Å². The highest BCUT2D eigenvalue weighted by molar-refractivity contribution is 6.31. The lowest BCUT2D eigenvalue weighted by molar-refractivity contribution is 0.305. The van der Waals surface area contributed by atoms with Crippen LogP contribution in [0.2, 0.25) is 5.02 Å². The minimum Gasteiger partial charge on any atom is -0.508 e. The topological polar surface area (TPSA) is 23.5 Å². The third-order valence-corrected chi connectivity index (χ3v) is 2.87. The Hall–Kier alpha value is -0.730. The van der Waals surface area contributed by atoms with Crippen LogP contribution in [0.15, 0.2) is 12.1 Å². The first-order valence-electron chi connectivity index (χ1n) is 4.36. The summed E-state index contributed by atoms with van der Waals surface area (Å²) in [7, 11) is 2.04. The second-order valence-corrected chi connectivity index (χ2v) is 3.92. The zero-order valence-corrected chi connectivity index (χ0v) is 8.30. The Morgan fingerprint density at radius 2 is 2.15 bits per heavy atom. The van der Waals surface area contributed by atoms with Crippen LogP contribution in [0.25, 0.3) is 0 Å². The molecule has 0 unspecified atom stereocenters. The molecule has 70 valence electrons. The van der Waals surface area contributed by atoms with Gasteiger partial charge in [-0.15, -0.1) is 0 Å². The van der Waals surface area contributed by atoms with Gasteiger partial charge in [-0.05, 0) is 31.2 Å². The molecule has 13 heavy (non-hydrogen) atoms. The number of nitrogens with zero attached hydrogens (tertiary/aromatic N) is 1. The molecule has 2 rings (SSSR count). The van der Waals surface area contributed by atoms with Gasteiger partial charge in [0.2, 0.25) is 0 Å². The lowest BCUT2D eigenvalue weighted by Crippen LogP contribution is -2.26. The molecule has 1 aromatic rings.